The summed E-state index contributed by atoms with van der Waals surface area (Å²) in [5.74, 6) is 0.807. The van der Waals surface area contributed by atoms with E-state index in [1.165, 1.54) is 11.3 Å². The minimum absolute atomic E-state index is 0.186. The standard InChI is InChI=1S/C17H17N3O3S2/c1-23-16-5-3-2-4-13(16)12-19-14-6-8-15(9-7-14)25(21,22)20-17-18-10-11-24-17/h2-11,19H,12H2,1H3,(H,18,20). The lowest BCUT2D eigenvalue weighted by atomic mass is 10.2. The van der Waals surface area contributed by atoms with Crippen molar-refractivity contribution in [1.82, 2.24) is 4.98 Å². The first kappa shape index (κ1) is 17.2. The predicted molar refractivity (Wildman–Crippen MR) is 99.7 cm³/mol. The molecule has 1 aromatic heterocycles. The van der Waals surface area contributed by atoms with Crippen molar-refractivity contribution in [3.8, 4) is 5.75 Å². The minimum Gasteiger partial charge on any atom is -0.496 e. The monoisotopic (exact) mass is 375 g/mol. The van der Waals surface area contributed by atoms with Crippen LogP contribution in [0.25, 0.3) is 0 Å². The van der Waals surface area contributed by atoms with Crippen LogP contribution in [0.15, 0.2) is 65.0 Å². The van der Waals surface area contributed by atoms with Gasteiger partial charge in [0.2, 0.25) is 0 Å². The van der Waals surface area contributed by atoms with Crippen molar-refractivity contribution in [2.45, 2.75) is 11.4 Å². The van der Waals surface area contributed by atoms with Gasteiger partial charge in [0.05, 0.1) is 12.0 Å². The summed E-state index contributed by atoms with van der Waals surface area (Å²) in [5.41, 5.74) is 1.84. The van der Waals surface area contributed by atoms with Gasteiger partial charge in [-0.1, -0.05) is 18.2 Å². The molecule has 0 saturated heterocycles. The van der Waals surface area contributed by atoms with Gasteiger partial charge in [0.25, 0.3) is 10.0 Å². The van der Waals surface area contributed by atoms with E-state index in [2.05, 4.69) is 15.0 Å². The molecule has 0 bridgehead atoms. The average Bonchev–Trinajstić information content (AvgIpc) is 3.13. The van der Waals surface area contributed by atoms with Gasteiger partial charge in [0.1, 0.15) is 5.75 Å². The third kappa shape index (κ3) is 4.28. The second kappa shape index (κ2) is 7.54. The van der Waals surface area contributed by atoms with Crippen molar-refractivity contribution in [3.05, 3.63) is 65.7 Å². The van der Waals surface area contributed by atoms with Crippen molar-refractivity contribution in [2.75, 3.05) is 17.1 Å². The molecule has 25 heavy (non-hydrogen) atoms. The van der Waals surface area contributed by atoms with Crippen LogP contribution in [0.5, 0.6) is 5.75 Å². The molecule has 8 heteroatoms. The first-order chi connectivity index (χ1) is 12.1. The molecule has 0 aliphatic heterocycles. The quantitative estimate of drug-likeness (QED) is 0.660. The third-order valence-corrected chi connectivity index (χ3v) is 5.67. The van der Waals surface area contributed by atoms with Crippen LogP contribution in [0.3, 0.4) is 0 Å². The van der Waals surface area contributed by atoms with Gasteiger partial charge in [0.15, 0.2) is 5.13 Å². The summed E-state index contributed by atoms with van der Waals surface area (Å²) in [6.45, 7) is 0.577. The summed E-state index contributed by atoms with van der Waals surface area (Å²) in [4.78, 5) is 4.11. The molecule has 1 heterocycles. The molecule has 130 valence electrons. The molecular weight excluding hydrogens is 358 g/mol. The molecule has 2 N–H and O–H groups in total. The number of anilines is 2. The molecule has 0 amide bonds. The van der Waals surface area contributed by atoms with E-state index in [0.29, 0.717) is 11.7 Å². The normalized spacial score (nSPS) is 11.1. The smallest absolute Gasteiger partial charge is 0.263 e. The fourth-order valence-corrected chi connectivity index (χ4v) is 4.03. The van der Waals surface area contributed by atoms with Crippen LogP contribution in [-0.2, 0) is 16.6 Å². The van der Waals surface area contributed by atoms with Crippen LogP contribution in [0.2, 0.25) is 0 Å². The van der Waals surface area contributed by atoms with Crippen molar-refractivity contribution in [1.29, 1.82) is 0 Å². The largest absolute Gasteiger partial charge is 0.496 e. The summed E-state index contributed by atoms with van der Waals surface area (Å²) in [6, 6.07) is 14.3. The molecule has 0 atom stereocenters. The lowest BCUT2D eigenvalue weighted by Gasteiger charge is -2.11. The summed E-state index contributed by atoms with van der Waals surface area (Å²) >= 11 is 1.23. The molecule has 0 unspecified atom stereocenters. The Balaban J connectivity index is 1.68. The second-order valence-electron chi connectivity index (χ2n) is 5.13. The Kier molecular flexibility index (Phi) is 5.20. The fourth-order valence-electron chi connectivity index (χ4n) is 2.25. The van der Waals surface area contributed by atoms with E-state index < -0.39 is 10.0 Å². The van der Waals surface area contributed by atoms with Gasteiger partial charge >= 0.3 is 0 Å². The zero-order valence-electron chi connectivity index (χ0n) is 13.5. The first-order valence-corrected chi connectivity index (χ1v) is 9.83. The van der Waals surface area contributed by atoms with E-state index in [0.717, 1.165) is 17.0 Å². The van der Waals surface area contributed by atoms with Crippen LogP contribution in [0.4, 0.5) is 10.8 Å². The van der Waals surface area contributed by atoms with Crippen molar-refractivity contribution in [2.24, 2.45) is 0 Å². The number of aromatic nitrogens is 1. The molecule has 3 aromatic rings. The number of nitrogens with zero attached hydrogens (tertiary/aromatic N) is 1. The van der Waals surface area contributed by atoms with E-state index in [1.807, 2.05) is 24.3 Å². The summed E-state index contributed by atoms with van der Waals surface area (Å²) in [7, 11) is -1.99. The number of nitrogens with one attached hydrogen (secondary N) is 2. The highest BCUT2D eigenvalue weighted by Gasteiger charge is 2.15. The number of hydrogen-bond donors (Lipinski definition) is 2. The fraction of sp³-hybridized carbons (Fsp3) is 0.118. The van der Waals surface area contributed by atoms with E-state index in [-0.39, 0.29) is 4.90 Å². The van der Waals surface area contributed by atoms with Gasteiger partial charge in [-0.05, 0) is 30.3 Å². The molecule has 0 saturated carbocycles. The van der Waals surface area contributed by atoms with Crippen LogP contribution in [-0.4, -0.2) is 20.5 Å². The van der Waals surface area contributed by atoms with E-state index in [9.17, 15) is 8.42 Å². The van der Waals surface area contributed by atoms with Crippen molar-refractivity contribution >= 4 is 32.2 Å². The molecule has 0 aliphatic rings. The van der Waals surface area contributed by atoms with E-state index in [4.69, 9.17) is 4.74 Å². The summed E-state index contributed by atoms with van der Waals surface area (Å²) in [6.07, 6.45) is 1.55. The minimum atomic E-state index is -3.63. The second-order valence-corrected chi connectivity index (χ2v) is 7.71. The number of rotatable bonds is 7. The topological polar surface area (TPSA) is 80.3 Å². The highest BCUT2D eigenvalue weighted by atomic mass is 32.2. The number of ether oxygens (including phenoxy) is 1. The Morgan fingerprint density at radius 2 is 1.88 bits per heavy atom. The predicted octanol–water partition coefficient (Wildman–Crippen LogP) is 3.56. The molecular formula is C17H17N3O3S2. The van der Waals surface area contributed by atoms with E-state index in [1.54, 1.807) is 43.0 Å². The summed E-state index contributed by atoms with van der Waals surface area (Å²) < 4.78 is 32.3. The molecule has 6 nitrogen and oxygen atoms in total. The lowest BCUT2D eigenvalue weighted by molar-refractivity contribution is 0.410. The maximum Gasteiger partial charge on any atom is 0.263 e. The number of methoxy groups -OCH3 is 1. The zero-order chi connectivity index (χ0) is 17.7. The average molecular weight is 375 g/mol. The maximum atomic E-state index is 12.3. The SMILES string of the molecule is COc1ccccc1CNc1ccc(S(=O)(=O)Nc2nccs2)cc1. The lowest BCUT2D eigenvalue weighted by Crippen LogP contribution is -2.12. The molecule has 3 rings (SSSR count). The highest BCUT2D eigenvalue weighted by molar-refractivity contribution is 7.93. The van der Waals surface area contributed by atoms with Gasteiger partial charge in [0, 0.05) is 29.4 Å². The van der Waals surface area contributed by atoms with Crippen LogP contribution >= 0.6 is 11.3 Å². The molecule has 0 fully saturated rings. The number of thiazole rings is 1. The molecule has 0 aliphatic carbocycles. The first-order valence-electron chi connectivity index (χ1n) is 7.46. The third-order valence-electron chi connectivity index (χ3n) is 3.49. The number of hydrogen-bond acceptors (Lipinski definition) is 6. The number of benzene rings is 2. The van der Waals surface area contributed by atoms with E-state index >= 15 is 0 Å². The van der Waals surface area contributed by atoms with Gasteiger partial charge in [-0.15, -0.1) is 11.3 Å². The molecule has 0 radical (unpaired) electrons. The Bertz CT molecular complexity index is 924. The number of sulfonamides is 1. The molecule has 0 spiro atoms. The van der Waals surface area contributed by atoms with Gasteiger partial charge < -0.3 is 10.1 Å². The highest BCUT2D eigenvalue weighted by Crippen LogP contribution is 2.21. The van der Waals surface area contributed by atoms with Gasteiger partial charge in [-0.2, -0.15) is 0 Å². The van der Waals surface area contributed by atoms with Crippen molar-refractivity contribution < 1.29 is 13.2 Å². The van der Waals surface area contributed by atoms with Gasteiger partial charge in [-0.25, -0.2) is 13.4 Å². The summed E-state index contributed by atoms with van der Waals surface area (Å²) in [5, 5.41) is 5.31. The molecule has 2 aromatic carbocycles. The Labute approximate surface area is 150 Å². The Morgan fingerprint density at radius 1 is 1.12 bits per heavy atom. The van der Waals surface area contributed by atoms with Crippen molar-refractivity contribution in [3.63, 3.8) is 0 Å². The van der Waals surface area contributed by atoms with Crippen LogP contribution in [0, 0.1) is 0 Å². The zero-order valence-corrected chi connectivity index (χ0v) is 15.1. The Morgan fingerprint density at radius 3 is 2.56 bits per heavy atom. The van der Waals surface area contributed by atoms with Crippen LogP contribution in [0.1, 0.15) is 5.56 Å². The maximum absolute atomic E-state index is 12.3. The number of para-hydroxylation sites is 1. The van der Waals surface area contributed by atoms with Gasteiger partial charge in [-0.3, -0.25) is 4.72 Å². The Hall–Kier alpha value is -2.58. The van der Waals surface area contributed by atoms with Crippen LogP contribution < -0.4 is 14.8 Å².